The molecule has 0 aliphatic heterocycles. The number of halogens is 1. The van der Waals surface area contributed by atoms with Crippen molar-refractivity contribution in [2.45, 2.75) is 78.6 Å². The molecule has 0 spiro atoms. The highest BCUT2D eigenvalue weighted by atomic mass is 35.5. The van der Waals surface area contributed by atoms with Gasteiger partial charge in [0.25, 0.3) is 11.1 Å². The lowest BCUT2D eigenvalue weighted by Gasteiger charge is -2.17. The van der Waals surface area contributed by atoms with Crippen LogP contribution >= 0.6 is 11.6 Å². The number of methoxy groups -OCH3 is 2. The molecular weight excluding hydrogens is 624 g/mol. The monoisotopic (exact) mass is 670 g/mol. The summed E-state index contributed by atoms with van der Waals surface area (Å²) >= 11 is 5.50. The van der Waals surface area contributed by atoms with E-state index in [1.165, 1.54) is 16.7 Å². The second kappa shape index (κ2) is 18.6. The Morgan fingerprint density at radius 2 is 1.21 bits per heavy atom. The third kappa shape index (κ3) is 11.3. The molecule has 4 aromatic rings. The van der Waals surface area contributed by atoms with Crippen molar-refractivity contribution in [2.75, 3.05) is 19.5 Å². The number of anilines is 1. The molecule has 0 saturated heterocycles. The molecule has 4 rings (SSSR count). The number of nitrogens with zero attached hydrogens (tertiary/aromatic N) is 2. The van der Waals surface area contributed by atoms with E-state index in [4.69, 9.17) is 26.8 Å². The predicted molar refractivity (Wildman–Crippen MR) is 188 cm³/mol. The van der Waals surface area contributed by atoms with Gasteiger partial charge in [0, 0.05) is 30.3 Å². The molecule has 0 aliphatic carbocycles. The number of benzene rings is 2. The zero-order valence-corrected chi connectivity index (χ0v) is 29.1. The number of H-pyrrole nitrogens is 2. The first-order valence-corrected chi connectivity index (χ1v) is 15.8. The molecule has 0 bridgehead atoms. The van der Waals surface area contributed by atoms with E-state index in [-0.39, 0.29) is 40.4 Å². The van der Waals surface area contributed by atoms with E-state index < -0.39 is 11.4 Å². The Labute approximate surface area is 279 Å². The zero-order valence-electron chi connectivity index (χ0n) is 28.3. The quantitative estimate of drug-likeness (QED) is 0.159. The molecule has 0 radical (unpaired) electrons. The van der Waals surface area contributed by atoms with Crippen molar-refractivity contribution in [1.29, 1.82) is 0 Å². The van der Waals surface area contributed by atoms with Crippen LogP contribution in [0.1, 0.15) is 89.7 Å². The number of aromatic nitrogens is 4. The standard InChI is InChI=1S/C17H23N3O3.C9H13NO.C8H11ClN2O2/c1-5-11(2)20-16(21)10-15(19-17(20)22)18-12(3)13-7-6-8-14(9-13)23-4;1-7(10)8-4-3-5-9(6-8)11-2;1-3-5(2)11-7(12)4-6(9)10-8(11)13/h6-12,18H,5H2,1-4H3,(H,19,22);3-7H,10H2,1-2H3;4-5H,3H2,1-2H3,(H,10,13)/t11-,12+;7-;5-/m101/s1. The molecule has 12 nitrogen and oxygen atoms in total. The van der Waals surface area contributed by atoms with E-state index in [0.717, 1.165) is 40.0 Å². The molecule has 0 amide bonds. The average molecular weight is 671 g/mol. The largest absolute Gasteiger partial charge is 0.497 e. The van der Waals surface area contributed by atoms with Crippen LogP contribution in [0.15, 0.2) is 79.8 Å². The van der Waals surface area contributed by atoms with E-state index in [0.29, 0.717) is 5.82 Å². The molecular formula is C34H47ClN6O6. The molecule has 2 heterocycles. The Kier molecular flexibility index (Phi) is 15.3. The van der Waals surface area contributed by atoms with Crippen LogP contribution in [0.3, 0.4) is 0 Å². The first-order valence-electron chi connectivity index (χ1n) is 15.4. The summed E-state index contributed by atoms with van der Waals surface area (Å²) in [6, 6.07) is 17.8. The van der Waals surface area contributed by atoms with Crippen LogP contribution in [-0.2, 0) is 0 Å². The highest BCUT2D eigenvalue weighted by Gasteiger charge is 2.12. The van der Waals surface area contributed by atoms with Crippen LogP contribution in [0.2, 0.25) is 5.15 Å². The minimum absolute atomic E-state index is 0.0742. The van der Waals surface area contributed by atoms with Gasteiger partial charge in [0.05, 0.1) is 20.3 Å². The molecule has 0 unspecified atom stereocenters. The summed E-state index contributed by atoms with van der Waals surface area (Å²) < 4.78 is 12.7. The topological polar surface area (TPSA) is 166 Å². The molecule has 0 saturated carbocycles. The van der Waals surface area contributed by atoms with Crippen molar-refractivity contribution in [3.63, 3.8) is 0 Å². The molecule has 0 aliphatic rings. The van der Waals surface area contributed by atoms with Gasteiger partial charge in [-0.15, -0.1) is 0 Å². The highest BCUT2D eigenvalue weighted by Crippen LogP contribution is 2.21. The third-order valence-electron chi connectivity index (χ3n) is 7.55. The number of hydrogen-bond donors (Lipinski definition) is 4. The molecule has 5 N–H and O–H groups in total. The van der Waals surface area contributed by atoms with E-state index in [2.05, 4.69) is 15.3 Å². The second-order valence-corrected chi connectivity index (χ2v) is 11.5. The molecule has 13 heteroatoms. The van der Waals surface area contributed by atoms with Gasteiger partial charge in [-0.2, -0.15) is 0 Å². The Hall–Kier alpha value is -4.55. The van der Waals surface area contributed by atoms with Crippen molar-refractivity contribution in [3.8, 4) is 11.5 Å². The molecule has 4 atom stereocenters. The van der Waals surface area contributed by atoms with Crippen molar-refractivity contribution >= 4 is 17.4 Å². The Balaban J connectivity index is 0.000000270. The first-order chi connectivity index (χ1) is 22.3. The van der Waals surface area contributed by atoms with Gasteiger partial charge in [-0.3, -0.25) is 28.7 Å². The van der Waals surface area contributed by atoms with Crippen molar-refractivity contribution < 1.29 is 9.47 Å². The van der Waals surface area contributed by atoms with Gasteiger partial charge in [-0.1, -0.05) is 49.7 Å². The Bertz CT molecular complexity index is 1750. The van der Waals surface area contributed by atoms with Crippen LogP contribution in [0.5, 0.6) is 11.5 Å². The normalized spacial score (nSPS) is 13.1. The molecule has 47 heavy (non-hydrogen) atoms. The van der Waals surface area contributed by atoms with Gasteiger partial charge in [-0.25, -0.2) is 9.59 Å². The summed E-state index contributed by atoms with van der Waals surface area (Å²) in [6.07, 6.45) is 1.45. The molecule has 2 aromatic heterocycles. The van der Waals surface area contributed by atoms with Gasteiger partial charge in [0.1, 0.15) is 22.5 Å². The third-order valence-corrected chi connectivity index (χ3v) is 7.75. The molecule has 256 valence electrons. The molecule has 0 fully saturated rings. The zero-order chi connectivity index (χ0) is 35.3. The number of nitrogens with two attached hydrogens (primary N) is 1. The fraction of sp³-hybridized carbons (Fsp3) is 0.412. The van der Waals surface area contributed by atoms with E-state index in [1.807, 2.05) is 90.1 Å². The number of hydrogen-bond acceptors (Lipinski definition) is 8. The second-order valence-electron chi connectivity index (χ2n) is 11.0. The lowest BCUT2D eigenvalue weighted by atomic mass is 10.1. The average Bonchev–Trinajstić information content (AvgIpc) is 3.04. The lowest BCUT2D eigenvalue weighted by molar-refractivity contribution is 0.414. The maximum absolute atomic E-state index is 12.2. The smallest absolute Gasteiger partial charge is 0.330 e. The van der Waals surface area contributed by atoms with Crippen LogP contribution in [0.4, 0.5) is 5.82 Å². The van der Waals surface area contributed by atoms with Crippen LogP contribution in [-0.4, -0.2) is 33.3 Å². The minimum Gasteiger partial charge on any atom is -0.497 e. The van der Waals surface area contributed by atoms with Gasteiger partial charge >= 0.3 is 11.4 Å². The summed E-state index contributed by atoms with van der Waals surface area (Å²) in [7, 11) is 3.27. The van der Waals surface area contributed by atoms with Gasteiger partial charge in [0.15, 0.2) is 0 Å². The fourth-order valence-corrected chi connectivity index (χ4v) is 4.59. The van der Waals surface area contributed by atoms with Crippen molar-refractivity contribution in [1.82, 2.24) is 19.1 Å². The number of nitrogens with one attached hydrogen (secondary N) is 3. The maximum Gasteiger partial charge on any atom is 0.330 e. The number of ether oxygens (including phenoxy) is 2. The van der Waals surface area contributed by atoms with Crippen LogP contribution in [0, 0.1) is 0 Å². The Morgan fingerprint density at radius 1 is 0.745 bits per heavy atom. The van der Waals surface area contributed by atoms with E-state index in [1.54, 1.807) is 14.2 Å². The summed E-state index contributed by atoms with van der Waals surface area (Å²) in [5.41, 5.74) is 6.27. The van der Waals surface area contributed by atoms with Gasteiger partial charge in [0.2, 0.25) is 0 Å². The number of aromatic amines is 2. The predicted octanol–water partition coefficient (Wildman–Crippen LogP) is 5.57. The minimum atomic E-state index is -0.452. The summed E-state index contributed by atoms with van der Waals surface area (Å²) in [6.45, 7) is 11.4. The first kappa shape index (κ1) is 38.6. The maximum atomic E-state index is 12.2. The molecule has 2 aromatic carbocycles. The Morgan fingerprint density at radius 3 is 1.66 bits per heavy atom. The van der Waals surface area contributed by atoms with Crippen LogP contribution < -0.4 is 43.0 Å². The summed E-state index contributed by atoms with van der Waals surface area (Å²) in [5, 5.41) is 3.23. The fourth-order valence-electron chi connectivity index (χ4n) is 4.41. The number of rotatable bonds is 10. The van der Waals surface area contributed by atoms with E-state index in [9.17, 15) is 19.2 Å². The van der Waals surface area contributed by atoms with Crippen LogP contribution in [0.25, 0.3) is 0 Å². The SMILES string of the molecule is CC[C@@H](C)n1c(=O)cc(Cl)[nH]c1=O.CC[C@@H](C)n1c(=O)cc(N[C@@H](C)c2cccc(OC)c2)[nH]c1=O.COc1cccc([C@H](C)N)c1. The van der Waals surface area contributed by atoms with Gasteiger partial charge in [-0.05, 0) is 75.9 Å². The van der Waals surface area contributed by atoms with Crippen molar-refractivity contribution in [3.05, 3.63) is 119 Å². The van der Waals surface area contributed by atoms with Gasteiger partial charge < -0.3 is 20.5 Å². The lowest BCUT2D eigenvalue weighted by Crippen LogP contribution is -2.37. The van der Waals surface area contributed by atoms with E-state index >= 15 is 0 Å². The summed E-state index contributed by atoms with van der Waals surface area (Å²) in [4.78, 5) is 52.0. The highest BCUT2D eigenvalue weighted by molar-refractivity contribution is 6.29. The summed E-state index contributed by atoms with van der Waals surface area (Å²) in [5.74, 6) is 2.03. The van der Waals surface area contributed by atoms with Crippen molar-refractivity contribution in [2.24, 2.45) is 5.73 Å².